The Kier molecular flexibility index (Phi) is 6.80. The van der Waals surface area contributed by atoms with Gasteiger partial charge in [-0.25, -0.2) is 4.79 Å². The predicted molar refractivity (Wildman–Crippen MR) is 66.5 cm³/mol. The van der Waals surface area contributed by atoms with Crippen LogP contribution in [-0.2, 0) is 9.59 Å². The number of carbonyl (C=O) groups excluding carboxylic acids is 1. The van der Waals surface area contributed by atoms with Crippen LogP contribution in [0.2, 0.25) is 0 Å². The minimum Gasteiger partial charge on any atom is -0.480 e. The van der Waals surface area contributed by atoms with Gasteiger partial charge < -0.3 is 16.2 Å². The fourth-order valence-corrected chi connectivity index (χ4v) is 1.57. The second kappa shape index (κ2) is 7.27. The van der Waals surface area contributed by atoms with E-state index in [2.05, 4.69) is 19.2 Å². The highest BCUT2D eigenvalue weighted by Crippen LogP contribution is 2.25. The van der Waals surface area contributed by atoms with E-state index in [0.717, 1.165) is 6.42 Å². The van der Waals surface area contributed by atoms with Crippen molar-refractivity contribution in [2.75, 3.05) is 6.54 Å². The van der Waals surface area contributed by atoms with Gasteiger partial charge in [0.25, 0.3) is 0 Å². The third-order valence-corrected chi connectivity index (χ3v) is 2.89. The van der Waals surface area contributed by atoms with Gasteiger partial charge in [-0.2, -0.15) is 0 Å². The van der Waals surface area contributed by atoms with Gasteiger partial charge in [0.1, 0.15) is 6.04 Å². The molecule has 0 bridgehead atoms. The molecule has 1 atom stereocenters. The molecule has 0 aliphatic heterocycles. The standard InChI is InChI=1S/C12H24N2O3/c1-4-9(11(16)17)14-10(15)5-6-12(2,3)7-8-13/h9H,4-8,13H2,1-3H3,(H,14,15)(H,16,17)/t9-/m1/s1. The first-order valence-corrected chi connectivity index (χ1v) is 6.04. The maximum Gasteiger partial charge on any atom is 0.326 e. The summed E-state index contributed by atoms with van der Waals surface area (Å²) in [6, 6.07) is -0.778. The van der Waals surface area contributed by atoms with Crippen molar-refractivity contribution in [2.24, 2.45) is 11.1 Å². The summed E-state index contributed by atoms with van der Waals surface area (Å²) in [4.78, 5) is 22.3. The van der Waals surface area contributed by atoms with Crippen molar-refractivity contribution in [3.63, 3.8) is 0 Å². The summed E-state index contributed by atoms with van der Waals surface area (Å²) in [5.74, 6) is -1.19. The molecule has 0 saturated carbocycles. The third kappa shape index (κ3) is 6.94. The van der Waals surface area contributed by atoms with E-state index in [0.29, 0.717) is 25.8 Å². The SMILES string of the molecule is CC[C@@H](NC(=O)CCC(C)(C)CCN)C(=O)O. The van der Waals surface area contributed by atoms with Crippen LogP contribution >= 0.6 is 0 Å². The number of carbonyl (C=O) groups is 2. The van der Waals surface area contributed by atoms with E-state index in [4.69, 9.17) is 10.8 Å². The lowest BCUT2D eigenvalue weighted by Gasteiger charge is -2.23. The van der Waals surface area contributed by atoms with Gasteiger partial charge in [0, 0.05) is 6.42 Å². The van der Waals surface area contributed by atoms with Crippen molar-refractivity contribution < 1.29 is 14.7 Å². The normalized spacial score (nSPS) is 13.2. The van der Waals surface area contributed by atoms with Crippen molar-refractivity contribution in [1.29, 1.82) is 0 Å². The molecule has 17 heavy (non-hydrogen) atoms. The van der Waals surface area contributed by atoms with Crippen LogP contribution in [0.3, 0.4) is 0 Å². The van der Waals surface area contributed by atoms with E-state index in [1.54, 1.807) is 6.92 Å². The van der Waals surface area contributed by atoms with Crippen molar-refractivity contribution in [2.45, 2.75) is 52.5 Å². The summed E-state index contributed by atoms with van der Waals surface area (Å²) >= 11 is 0. The molecule has 5 nitrogen and oxygen atoms in total. The minimum atomic E-state index is -0.984. The molecule has 1 amide bonds. The first-order valence-electron chi connectivity index (χ1n) is 6.04. The topological polar surface area (TPSA) is 92.4 Å². The fourth-order valence-electron chi connectivity index (χ4n) is 1.57. The van der Waals surface area contributed by atoms with Crippen LogP contribution in [0.1, 0.15) is 46.5 Å². The Hall–Kier alpha value is -1.10. The molecule has 0 saturated heterocycles. The minimum absolute atomic E-state index is 0.0248. The summed E-state index contributed by atoms with van der Waals surface area (Å²) in [6.45, 7) is 6.45. The smallest absolute Gasteiger partial charge is 0.326 e. The number of nitrogens with one attached hydrogen (secondary N) is 1. The zero-order valence-corrected chi connectivity index (χ0v) is 11.0. The van der Waals surface area contributed by atoms with Gasteiger partial charge >= 0.3 is 5.97 Å². The fraction of sp³-hybridized carbons (Fsp3) is 0.833. The highest BCUT2D eigenvalue weighted by molar-refractivity contribution is 5.83. The summed E-state index contributed by atoms with van der Waals surface area (Å²) in [7, 11) is 0. The number of aliphatic carboxylic acids is 1. The highest BCUT2D eigenvalue weighted by Gasteiger charge is 2.21. The molecule has 0 aliphatic carbocycles. The quantitative estimate of drug-likeness (QED) is 0.596. The Bertz CT molecular complexity index is 264. The van der Waals surface area contributed by atoms with Gasteiger partial charge in [-0.3, -0.25) is 4.79 Å². The number of carboxylic acid groups (broad SMARTS) is 1. The second-order valence-corrected chi connectivity index (χ2v) is 5.07. The maximum atomic E-state index is 11.6. The Balaban J connectivity index is 4.06. The Labute approximate surface area is 103 Å². The average molecular weight is 244 g/mol. The number of amides is 1. The van der Waals surface area contributed by atoms with E-state index < -0.39 is 12.0 Å². The molecule has 0 aromatic rings. The molecule has 100 valence electrons. The molecule has 0 fully saturated rings. The molecule has 0 rings (SSSR count). The summed E-state index contributed by atoms with van der Waals surface area (Å²) in [6.07, 6.45) is 2.31. The van der Waals surface area contributed by atoms with Crippen molar-refractivity contribution in [3.8, 4) is 0 Å². The Morgan fingerprint density at radius 1 is 1.35 bits per heavy atom. The van der Waals surface area contributed by atoms with Crippen LogP contribution in [0.15, 0.2) is 0 Å². The van der Waals surface area contributed by atoms with E-state index >= 15 is 0 Å². The van der Waals surface area contributed by atoms with E-state index in [1.807, 2.05) is 0 Å². The third-order valence-electron chi connectivity index (χ3n) is 2.89. The molecular formula is C12H24N2O3. The largest absolute Gasteiger partial charge is 0.480 e. The Morgan fingerprint density at radius 2 is 1.94 bits per heavy atom. The predicted octanol–water partition coefficient (Wildman–Crippen LogP) is 1.12. The van der Waals surface area contributed by atoms with Gasteiger partial charge in [0.05, 0.1) is 0 Å². The lowest BCUT2D eigenvalue weighted by molar-refractivity contribution is -0.141. The summed E-state index contributed by atoms with van der Waals surface area (Å²) in [5.41, 5.74) is 5.51. The Morgan fingerprint density at radius 3 is 2.35 bits per heavy atom. The molecule has 5 heteroatoms. The number of nitrogens with two attached hydrogens (primary N) is 1. The van der Waals surface area contributed by atoms with Crippen LogP contribution in [-0.4, -0.2) is 29.6 Å². The zero-order chi connectivity index (χ0) is 13.5. The maximum absolute atomic E-state index is 11.6. The number of hydrogen-bond donors (Lipinski definition) is 3. The molecule has 0 heterocycles. The van der Waals surface area contributed by atoms with Crippen molar-refractivity contribution in [3.05, 3.63) is 0 Å². The first-order chi connectivity index (χ1) is 7.82. The number of carboxylic acids is 1. The number of hydrogen-bond acceptors (Lipinski definition) is 3. The average Bonchev–Trinajstić information content (AvgIpc) is 2.22. The van der Waals surface area contributed by atoms with E-state index in [-0.39, 0.29) is 11.3 Å². The molecular weight excluding hydrogens is 220 g/mol. The first kappa shape index (κ1) is 15.9. The van der Waals surface area contributed by atoms with Crippen molar-refractivity contribution in [1.82, 2.24) is 5.32 Å². The summed E-state index contributed by atoms with van der Waals surface area (Å²) < 4.78 is 0. The highest BCUT2D eigenvalue weighted by atomic mass is 16.4. The van der Waals surface area contributed by atoms with Crippen LogP contribution in [0.25, 0.3) is 0 Å². The molecule has 0 aromatic carbocycles. The lowest BCUT2D eigenvalue weighted by atomic mass is 9.84. The second-order valence-electron chi connectivity index (χ2n) is 5.07. The van der Waals surface area contributed by atoms with Gasteiger partial charge in [0.2, 0.25) is 5.91 Å². The van der Waals surface area contributed by atoms with E-state index in [9.17, 15) is 9.59 Å². The monoisotopic (exact) mass is 244 g/mol. The van der Waals surface area contributed by atoms with Gasteiger partial charge in [-0.15, -0.1) is 0 Å². The zero-order valence-electron chi connectivity index (χ0n) is 11.0. The summed E-state index contributed by atoms with van der Waals surface area (Å²) in [5, 5.41) is 11.3. The molecule has 4 N–H and O–H groups in total. The van der Waals surface area contributed by atoms with Crippen LogP contribution < -0.4 is 11.1 Å². The molecule has 0 unspecified atom stereocenters. The van der Waals surface area contributed by atoms with Gasteiger partial charge in [0.15, 0.2) is 0 Å². The van der Waals surface area contributed by atoms with Crippen molar-refractivity contribution >= 4 is 11.9 Å². The molecule has 0 aromatic heterocycles. The number of rotatable bonds is 8. The van der Waals surface area contributed by atoms with Gasteiger partial charge in [-0.05, 0) is 31.2 Å². The molecule has 0 aliphatic rings. The van der Waals surface area contributed by atoms with Crippen LogP contribution in [0, 0.1) is 5.41 Å². The molecule has 0 spiro atoms. The van der Waals surface area contributed by atoms with Crippen LogP contribution in [0.5, 0.6) is 0 Å². The molecule has 0 radical (unpaired) electrons. The van der Waals surface area contributed by atoms with Gasteiger partial charge in [-0.1, -0.05) is 20.8 Å². The van der Waals surface area contributed by atoms with Crippen LogP contribution in [0.4, 0.5) is 0 Å². The van der Waals surface area contributed by atoms with E-state index in [1.165, 1.54) is 0 Å². The lowest BCUT2D eigenvalue weighted by Crippen LogP contribution is -2.40.